The molecule has 1 atom stereocenters. The van der Waals surface area contributed by atoms with E-state index in [1.54, 1.807) is 55.5 Å². The smallest absolute Gasteiger partial charge is 0.338 e. The molecule has 0 heterocycles. The van der Waals surface area contributed by atoms with Crippen LogP contribution >= 0.6 is 0 Å². The molecule has 2 aromatic rings. The van der Waals surface area contributed by atoms with Gasteiger partial charge in [-0.2, -0.15) is 0 Å². The van der Waals surface area contributed by atoms with Crippen molar-refractivity contribution in [2.45, 2.75) is 13.3 Å². The first-order chi connectivity index (χ1) is 12.5. The highest BCUT2D eigenvalue weighted by atomic mass is 16.5. The van der Waals surface area contributed by atoms with E-state index in [0.717, 1.165) is 0 Å². The molecule has 0 saturated heterocycles. The Morgan fingerprint density at radius 3 is 2.27 bits per heavy atom. The molecule has 0 aliphatic heterocycles. The van der Waals surface area contributed by atoms with Gasteiger partial charge in [0.25, 0.3) is 0 Å². The average Bonchev–Trinajstić information content (AvgIpc) is 2.68. The number of hydrogen-bond donors (Lipinski definition) is 1. The van der Waals surface area contributed by atoms with Crippen LogP contribution in [0.4, 0.5) is 0 Å². The summed E-state index contributed by atoms with van der Waals surface area (Å²) in [5, 5.41) is 10.4. The minimum Gasteiger partial charge on any atom is -0.507 e. The van der Waals surface area contributed by atoms with Gasteiger partial charge in [0.2, 0.25) is 11.6 Å². The van der Waals surface area contributed by atoms with Crippen molar-refractivity contribution in [1.29, 1.82) is 0 Å². The zero-order valence-corrected chi connectivity index (χ0v) is 14.3. The van der Waals surface area contributed by atoms with Crippen LogP contribution in [0.15, 0.2) is 60.2 Å². The number of carbonyl (C=O) groups is 3. The molecule has 1 aliphatic carbocycles. The lowest BCUT2D eigenvalue weighted by molar-refractivity contribution is -0.112. The number of hydrogen-bond acceptors (Lipinski definition) is 5. The number of Topliss-reactive ketones (excluding diaryl/α,β-unsaturated/α-hetero) is 2. The van der Waals surface area contributed by atoms with E-state index >= 15 is 0 Å². The van der Waals surface area contributed by atoms with Gasteiger partial charge in [0.05, 0.1) is 12.2 Å². The van der Waals surface area contributed by atoms with Crippen molar-refractivity contribution in [3.8, 4) is 0 Å². The van der Waals surface area contributed by atoms with Crippen LogP contribution in [0.2, 0.25) is 0 Å². The van der Waals surface area contributed by atoms with Gasteiger partial charge in [-0.25, -0.2) is 4.79 Å². The summed E-state index contributed by atoms with van der Waals surface area (Å²) in [4.78, 5) is 36.5. The largest absolute Gasteiger partial charge is 0.507 e. The fourth-order valence-electron chi connectivity index (χ4n) is 2.89. The summed E-state index contributed by atoms with van der Waals surface area (Å²) in [6.45, 7) is 1.87. The van der Waals surface area contributed by atoms with Crippen LogP contribution in [0.25, 0.3) is 5.76 Å². The Morgan fingerprint density at radius 2 is 1.58 bits per heavy atom. The number of ketones is 2. The van der Waals surface area contributed by atoms with E-state index < -0.39 is 17.5 Å². The maximum Gasteiger partial charge on any atom is 0.338 e. The fourth-order valence-corrected chi connectivity index (χ4v) is 2.89. The van der Waals surface area contributed by atoms with Crippen molar-refractivity contribution in [3.63, 3.8) is 0 Å². The van der Waals surface area contributed by atoms with Crippen molar-refractivity contribution in [1.82, 2.24) is 0 Å². The minimum absolute atomic E-state index is 0.0666. The van der Waals surface area contributed by atoms with E-state index in [1.807, 2.05) is 0 Å². The molecule has 1 N–H and O–H groups in total. The monoisotopic (exact) mass is 350 g/mol. The average molecular weight is 350 g/mol. The van der Waals surface area contributed by atoms with Crippen LogP contribution in [0.1, 0.15) is 39.6 Å². The number of ether oxygens (including phenoxy) is 1. The third-order valence-corrected chi connectivity index (χ3v) is 4.25. The highest BCUT2D eigenvalue weighted by Gasteiger charge is 2.33. The third kappa shape index (κ3) is 3.42. The number of esters is 1. The second-order valence-electron chi connectivity index (χ2n) is 6.30. The predicted octanol–water partition coefficient (Wildman–Crippen LogP) is 3.60. The number of fused-ring (bicyclic) bond motifs is 1. The topological polar surface area (TPSA) is 80.7 Å². The van der Waals surface area contributed by atoms with Gasteiger partial charge in [-0.05, 0) is 24.5 Å². The van der Waals surface area contributed by atoms with Gasteiger partial charge in [-0.1, -0.05) is 49.4 Å². The standard InChI is InChI=1S/C21H18O5/c1-13(12-26-21(25)14-7-3-2-4-8-14)11-17-18(22)15-9-5-6-10-16(15)19(23)20(17)24/h2-10,13,22H,11-12H2,1H3. The van der Waals surface area contributed by atoms with Crippen LogP contribution < -0.4 is 0 Å². The first kappa shape index (κ1) is 17.6. The summed E-state index contributed by atoms with van der Waals surface area (Å²) in [6, 6.07) is 15.1. The fraction of sp³-hybridized carbons (Fsp3) is 0.190. The molecule has 1 aliphatic rings. The molecule has 0 saturated carbocycles. The maximum atomic E-state index is 12.3. The Bertz CT molecular complexity index is 896. The van der Waals surface area contributed by atoms with Crippen molar-refractivity contribution < 1.29 is 24.2 Å². The molecule has 0 spiro atoms. The highest BCUT2D eigenvalue weighted by molar-refractivity contribution is 6.52. The number of carbonyl (C=O) groups excluding carboxylic acids is 3. The van der Waals surface area contributed by atoms with Gasteiger partial charge in [0.15, 0.2) is 0 Å². The predicted molar refractivity (Wildman–Crippen MR) is 95.8 cm³/mol. The molecule has 26 heavy (non-hydrogen) atoms. The summed E-state index contributed by atoms with van der Waals surface area (Å²) in [5.74, 6) is -2.19. The molecule has 1 unspecified atom stereocenters. The maximum absolute atomic E-state index is 12.3. The lowest BCUT2D eigenvalue weighted by Crippen LogP contribution is -2.26. The number of benzene rings is 2. The van der Waals surface area contributed by atoms with E-state index in [2.05, 4.69) is 0 Å². The van der Waals surface area contributed by atoms with Crippen molar-refractivity contribution in [2.75, 3.05) is 6.61 Å². The number of aliphatic hydroxyl groups excluding tert-OH is 1. The zero-order chi connectivity index (χ0) is 18.7. The van der Waals surface area contributed by atoms with E-state index in [4.69, 9.17) is 4.74 Å². The van der Waals surface area contributed by atoms with Crippen LogP contribution in [0.5, 0.6) is 0 Å². The normalized spacial score (nSPS) is 14.8. The number of allylic oxidation sites excluding steroid dienone is 1. The second-order valence-corrected chi connectivity index (χ2v) is 6.30. The molecule has 3 rings (SSSR count). The molecule has 0 bridgehead atoms. The van der Waals surface area contributed by atoms with Crippen LogP contribution in [-0.4, -0.2) is 29.2 Å². The lowest BCUT2D eigenvalue weighted by Gasteiger charge is -2.20. The molecule has 5 nitrogen and oxygen atoms in total. The summed E-state index contributed by atoms with van der Waals surface area (Å²) in [7, 11) is 0. The minimum atomic E-state index is -0.706. The molecule has 0 amide bonds. The molecule has 0 aromatic heterocycles. The van der Waals surface area contributed by atoms with Crippen LogP contribution in [0, 0.1) is 5.92 Å². The van der Waals surface area contributed by atoms with E-state index in [-0.39, 0.29) is 35.8 Å². The lowest BCUT2D eigenvalue weighted by atomic mass is 9.85. The van der Waals surface area contributed by atoms with Gasteiger partial charge in [0.1, 0.15) is 5.76 Å². The number of rotatable bonds is 5. The second kappa shape index (κ2) is 7.35. The quantitative estimate of drug-likeness (QED) is 0.658. The Hall–Kier alpha value is -3.21. The Morgan fingerprint density at radius 1 is 0.962 bits per heavy atom. The molecule has 132 valence electrons. The molecule has 0 radical (unpaired) electrons. The van der Waals surface area contributed by atoms with Gasteiger partial charge in [-0.15, -0.1) is 0 Å². The van der Waals surface area contributed by atoms with E-state index in [1.165, 1.54) is 6.07 Å². The number of aliphatic hydroxyl groups is 1. The Kier molecular flexibility index (Phi) is 4.98. The van der Waals surface area contributed by atoms with Crippen LogP contribution in [0.3, 0.4) is 0 Å². The summed E-state index contributed by atoms with van der Waals surface area (Å²) < 4.78 is 5.26. The van der Waals surface area contributed by atoms with Gasteiger partial charge in [0, 0.05) is 16.7 Å². The molecular formula is C21H18O5. The molecule has 0 fully saturated rings. The molecular weight excluding hydrogens is 332 g/mol. The highest BCUT2D eigenvalue weighted by Crippen LogP contribution is 2.31. The van der Waals surface area contributed by atoms with Crippen molar-refractivity contribution in [3.05, 3.63) is 76.9 Å². The molecule has 2 aromatic carbocycles. The van der Waals surface area contributed by atoms with Gasteiger partial charge in [-0.3, -0.25) is 9.59 Å². The Labute approximate surface area is 150 Å². The Balaban J connectivity index is 1.71. The summed E-state index contributed by atoms with van der Waals surface area (Å²) >= 11 is 0. The van der Waals surface area contributed by atoms with Crippen molar-refractivity contribution in [2.24, 2.45) is 5.92 Å². The first-order valence-electron chi connectivity index (χ1n) is 8.31. The van der Waals surface area contributed by atoms with Crippen molar-refractivity contribution >= 4 is 23.3 Å². The first-order valence-corrected chi connectivity index (χ1v) is 8.31. The zero-order valence-electron chi connectivity index (χ0n) is 14.3. The molecule has 5 heteroatoms. The van der Waals surface area contributed by atoms with Crippen LogP contribution in [-0.2, 0) is 9.53 Å². The third-order valence-electron chi connectivity index (χ3n) is 4.25. The SMILES string of the molecule is CC(COC(=O)c1ccccc1)CC1=C(O)c2ccccc2C(=O)C1=O. The van der Waals surface area contributed by atoms with E-state index in [9.17, 15) is 19.5 Å². The van der Waals surface area contributed by atoms with Gasteiger partial charge < -0.3 is 9.84 Å². The van der Waals surface area contributed by atoms with E-state index in [0.29, 0.717) is 11.1 Å². The summed E-state index contributed by atoms with van der Waals surface area (Å²) in [5.41, 5.74) is 1.08. The summed E-state index contributed by atoms with van der Waals surface area (Å²) in [6.07, 6.45) is 0.146. The van der Waals surface area contributed by atoms with Gasteiger partial charge >= 0.3 is 5.97 Å².